The number of hydrogen-bond acceptors (Lipinski definition) is 5. The van der Waals surface area contributed by atoms with E-state index in [2.05, 4.69) is 4.98 Å². The molecule has 29 heavy (non-hydrogen) atoms. The zero-order chi connectivity index (χ0) is 20.5. The van der Waals surface area contributed by atoms with E-state index in [9.17, 15) is 23.5 Å². The molecule has 3 aromatic rings. The van der Waals surface area contributed by atoms with Crippen molar-refractivity contribution < 1.29 is 23.4 Å². The van der Waals surface area contributed by atoms with Gasteiger partial charge in [-0.15, -0.1) is 0 Å². The number of aliphatic hydroxyl groups is 1. The van der Waals surface area contributed by atoms with Crippen LogP contribution in [0, 0.1) is 11.6 Å². The van der Waals surface area contributed by atoms with Gasteiger partial charge in [0.2, 0.25) is 0 Å². The number of rotatable bonds is 1. The summed E-state index contributed by atoms with van der Waals surface area (Å²) in [5, 5.41) is 11.1. The molecular formula is C21H16F2N2O4. The Labute approximate surface area is 163 Å². The molecule has 5 rings (SSSR count). The number of pyridine rings is 2. The van der Waals surface area contributed by atoms with Crippen LogP contribution in [-0.4, -0.2) is 26.2 Å². The van der Waals surface area contributed by atoms with Crippen molar-refractivity contribution in [2.24, 2.45) is 0 Å². The zero-order valence-corrected chi connectivity index (χ0v) is 15.5. The number of fused-ring (bicyclic) bond motifs is 5. The summed E-state index contributed by atoms with van der Waals surface area (Å²) >= 11 is 0. The van der Waals surface area contributed by atoms with Crippen LogP contribution in [0.25, 0.3) is 22.3 Å². The Morgan fingerprint density at radius 2 is 1.93 bits per heavy atom. The van der Waals surface area contributed by atoms with Gasteiger partial charge in [0.1, 0.15) is 6.61 Å². The number of aromatic nitrogens is 2. The third-order valence-corrected chi connectivity index (χ3v) is 5.79. The molecule has 0 amide bonds. The molecule has 0 aliphatic carbocycles. The first kappa shape index (κ1) is 17.9. The van der Waals surface area contributed by atoms with Gasteiger partial charge in [0, 0.05) is 23.4 Å². The summed E-state index contributed by atoms with van der Waals surface area (Å²) < 4.78 is 33.9. The number of nitrogens with zero attached hydrogens (tertiary/aromatic N) is 2. The van der Waals surface area contributed by atoms with Crippen LogP contribution in [0.15, 0.2) is 29.1 Å². The minimum Gasteiger partial charge on any atom is -0.458 e. The quantitative estimate of drug-likeness (QED) is 0.498. The van der Waals surface area contributed by atoms with Crippen LogP contribution in [0.2, 0.25) is 0 Å². The molecule has 2 aromatic heterocycles. The highest BCUT2D eigenvalue weighted by molar-refractivity contribution is 5.84. The number of ether oxygens (including phenoxy) is 1. The van der Waals surface area contributed by atoms with Crippen LogP contribution < -0.4 is 5.56 Å². The zero-order valence-electron chi connectivity index (χ0n) is 15.5. The van der Waals surface area contributed by atoms with Crippen molar-refractivity contribution in [1.82, 2.24) is 9.55 Å². The summed E-state index contributed by atoms with van der Waals surface area (Å²) in [6, 6.07) is 5.53. The monoisotopic (exact) mass is 398 g/mol. The average Bonchev–Trinajstić information content (AvgIpc) is 2.97. The van der Waals surface area contributed by atoms with Crippen LogP contribution in [0.5, 0.6) is 0 Å². The molecule has 0 spiro atoms. The van der Waals surface area contributed by atoms with Crippen LogP contribution in [0.1, 0.15) is 30.0 Å². The number of hydrogen-bond donors (Lipinski definition) is 1. The van der Waals surface area contributed by atoms with Gasteiger partial charge in [-0.25, -0.2) is 18.6 Å². The average molecular weight is 398 g/mol. The fraction of sp³-hybridized carbons (Fsp3) is 0.286. The maximum atomic E-state index is 13.6. The maximum Gasteiger partial charge on any atom is 0.338 e. The summed E-state index contributed by atoms with van der Waals surface area (Å²) in [5.41, 5.74) is 0.825. The Bertz CT molecular complexity index is 1280. The first-order valence-electron chi connectivity index (χ1n) is 9.25. The molecule has 0 fully saturated rings. The lowest BCUT2D eigenvalue weighted by Crippen LogP contribution is -2.40. The second-order valence-corrected chi connectivity index (χ2v) is 7.52. The van der Waals surface area contributed by atoms with Gasteiger partial charge in [-0.1, -0.05) is 6.92 Å². The number of benzene rings is 1. The van der Waals surface area contributed by atoms with Crippen LogP contribution in [0.4, 0.5) is 8.78 Å². The lowest BCUT2D eigenvalue weighted by Gasteiger charge is -2.21. The first-order chi connectivity index (χ1) is 13.8. The molecular weight excluding hydrogens is 382 g/mol. The van der Waals surface area contributed by atoms with E-state index in [1.807, 2.05) is 0 Å². The van der Waals surface area contributed by atoms with Crippen molar-refractivity contribution in [2.75, 3.05) is 0 Å². The molecule has 0 saturated carbocycles. The number of carbonyl (C=O) groups is 1. The molecule has 1 N–H and O–H groups in total. The van der Waals surface area contributed by atoms with E-state index in [1.165, 1.54) is 4.57 Å². The molecule has 0 saturated heterocycles. The Morgan fingerprint density at radius 1 is 1.17 bits per heavy atom. The van der Waals surface area contributed by atoms with Gasteiger partial charge in [0.15, 0.2) is 17.2 Å². The summed E-state index contributed by atoms with van der Waals surface area (Å²) in [6.07, 6.45) is 0.109. The summed E-state index contributed by atoms with van der Waals surface area (Å²) in [5.74, 6) is -2.70. The molecule has 0 unspecified atom stereocenters. The fourth-order valence-electron chi connectivity index (χ4n) is 4.06. The van der Waals surface area contributed by atoms with Crippen molar-refractivity contribution in [1.29, 1.82) is 0 Å². The Kier molecular flexibility index (Phi) is 3.67. The molecule has 0 radical (unpaired) electrons. The van der Waals surface area contributed by atoms with Crippen molar-refractivity contribution in [3.8, 4) is 11.4 Å². The van der Waals surface area contributed by atoms with Crippen LogP contribution in [-0.2, 0) is 29.1 Å². The van der Waals surface area contributed by atoms with Crippen LogP contribution in [0.3, 0.4) is 0 Å². The largest absolute Gasteiger partial charge is 0.458 e. The van der Waals surface area contributed by atoms with E-state index in [4.69, 9.17) is 4.74 Å². The predicted octanol–water partition coefficient (Wildman–Crippen LogP) is 2.44. The van der Waals surface area contributed by atoms with Crippen molar-refractivity contribution in [2.45, 2.75) is 38.5 Å². The molecule has 4 heterocycles. The minimum absolute atomic E-state index is 0.0382. The molecule has 1 atom stereocenters. The first-order valence-corrected chi connectivity index (χ1v) is 9.25. The standard InChI is InChI=1S/C21H16F2N2O4/c1-2-21(28)7-11-5-17-18-12(3-10-4-14(22)15(23)6-16(10)24-18)8-25(17)19(26)13(11)9-29-20(21)27/h3-6,28H,2,7-9H2,1H3/t21-/m1/s1. The number of esters is 1. The highest BCUT2D eigenvalue weighted by atomic mass is 19.2. The second-order valence-electron chi connectivity index (χ2n) is 7.52. The summed E-state index contributed by atoms with van der Waals surface area (Å²) in [7, 11) is 0. The Morgan fingerprint density at radius 3 is 2.69 bits per heavy atom. The second kappa shape index (κ2) is 5.93. The van der Waals surface area contributed by atoms with Gasteiger partial charge < -0.3 is 14.4 Å². The van der Waals surface area contributed by atoms with Crippen LogP contribution >= 0.6 is 0 Å². The number of halogens is 2. The van der Waals surface area contributed by atoms with Crippen molar-refractivity contribution in [3.63, 3.8) is 0 Å². The van der Waals surface area contributed by atoms with E-state index in [1.54, 1.807) is 19.1 Å². The molecule has 148 valence electrons. The topological polar surface area (TPSA) is 81.4 Å². The lowest BCUT2D eigenvalue weighted by atomic mass is 9.91. The van der Waals surface area contributed by atoms with E-state index < -0.39 is 23.2 Å². The maximum absolute atomic E-state index is 13.6. The van der Waals surface area contributed by atoms with E-state index in [0.717, 1.165) is 12.1 Å². The number of carbonyl (C=O) groups excluding carboxylic acids is 1. The van der Waals surface area contributed by atoms with Gasteiger partial charge in [0.05, 0.1) is 29.0 Å². The van der Waals surface area contributed by atoms with E-state index >= 15 is 0 Å². The van der Waals surface area contributed by atoms with Crippen molar-refractivity contribution >= 4 is 16.9 Å². The highest BCUT2D eigenvalue weighted by Gasteiger charge is 2.40. The number of cyclic esters (lactones) is 1. The molecule has 0 bridgehead atoms. The third kappa shape index (κ3) is 2.52. The lowest BCUT2D eigenvalue weighted by molar-refractivity contribution is -0.166. The van der Waals surface area contributed by atoms with E-state index in [0.29, 0.717) is 33.5 Å². The third-order valence-electron chi connectivity index (χ3n) is 5.79. The highest BCUT2D eigenvalue weighted by Crippen LogP contribution is 2.35. The smallest absolute Gasteiger partial charge is 0.338 e. The summed E-state index contributed by atoms with van der Waals surface area (Å²) in [6.45, 7) is 1.69. The van der Waals surface area contributed by atoms with Gasteiger partial charge >= 0.3 is 5.97 Å². The Balaban J connectivity index is 1.72. The predicted molar refractivity (Wildman–Crippen MR) is 99.2 cm³/mol. The summed E-state index contributed by atoms with van der Waals surface area (Å²) in [4.78, 5) is 29.7. The molecule has 2 aliphatic heterocycles. The molecule has 2 aliphatic rings. The molecule has 6 nitrogen and oxygen atoms in total. The normalized spacial score (nSPS) is 20.1. The minimum atomic E-state index is -1.70. The van der Waals surface area contributed by atoms with Gasteiger partial charge in [0.25, 0.3) is 5.56 Å². The van der Waals surface area contributed by atoms with Gasteiger partial charge in [-0.3, -0.25) is 4.79 Å². The molecule has 8 heteroatoms. The molecule has 1 aromatic carbocycles. The SMILES string of the molecule is CC[C@@]1(O)Cc2cc3n(c(=O)c2COC1=O)Cc1cc2cc(F)c(F)cc2nc1-3. The Hall–Kier alpha value is -3.13. The van der Waals surface area contributed by atoms with Crippen molar-refractivity contribution in [3.05, 3.63) is 62.9 Å². The van der Waals surface area contributed by atoms with E-state index in [-0.39, 0.29) is 37.1 Å². The van der Waals surface area contributed by atoms with Gasteiger partial charge in [-0.2, -0.15) is 0 Å². The van der Waals surface area contributed by atoms with Gasteiger partial charge in [-0.05, 0) is 30.2 Å². The fourth-order valence-corrected chi connectivity index (χ4v) is 4.06.